The van der Waals surface area contributed by atoms with Crippen molar-refractivity contribution in [2.24, 2.45) is 0 Å². The summed E-state index contributed by atoms with van der Waals surface area (Å²) in [5, 5.41) is 6.58. The number of aromatic nitrogens is 3. The van der Waals surface area contributed by atoms with E-state index in [9.17, 15) is 13.2 Å². The second kappa shape index (κ2) is 11.6. The zero-order valence-corrected chi connectivity index (χ0v) is 20.2. The van der Waals surface area contributed by atoms with Gasteiger partial charge in [0.15, 0.2) is 5.82 Å². The van der Waals surface area contributed by atoms with E-state index in [1.54, 1.807) is 18.2 Å². The van der Waals surface area contributed by atoms with Crippen molar-refractivity contribution in [3.63, 3.8) is 0 Å². The SMILES string of the molecule is CNCCn1ccc2ncnc(Nc3ccc(Oc4cccc(C(F)(F)F)c4)c(Cl)c3)c21.Cl.Cl. The average molecular weight is 535 g/mol. The molecule has 0 saturated carbocycles. The van der Waals surface area contributed by atoms with Gasteiger partial charge < -0.3 is 19.9 Å². The lowest BCUT2D eigenvalue weighted by Gasteiger charge is -2.13. The Balaban J connectivity index is 0.00000204. The number of nitrogens with one attached hydrogen (secondary N) is 2. The maximum Gasteiger partial charge on any atom is 0.416 e. The van der Waals surface area contributed by atoms with E-state index < -0.39 is 11.7 Å². The van der Waals surface area contributed by atoms with Gasteiger partial charge in [-0.05, 0) is 49.5 Å². The standard InChI is InChI=1S/C22H19ClF3N5O.2ClH/c1-27-8-10-31-9-7-18-20(31)21(29-13-28-18)30-15-5-6-19(17(23)12-15)32-16-4-2-3-14(11-16)22(24,25)26;;/h2-7,9,11-13,27H,8,10H2,1H3,(H,28,29,30);2*1H. The number of benzene rings is 2. The van der Waals surface area contributed by atoms with Gasteiger partial charge >= 0.3 is 6.18 Å². The van der Waals surface area contributed by atoms with Crippen LogP contribution in [-0.4, -0.2) is 28.1 Å². The minimum Gasteiger partial charge on any atom is -0.456 e. The zero-order valence-electron chi connectivity index (χ0n) is 17.8. The highest BCUT2D eigenvalue weighted by atomic mass is 35.5. The van der Waals surface area contributed by atoms with Gasteiger partial charge in [-0.1, -0.05) is 17.7 Å². The maximum atomic E-state index is 12.9. The second-order valence-electron chi connectivity index (χ2n) is 6.97. The number of nitrogens with zero attached hydrogens (tertiary/aromatic N) is 3. The number of likely N-dealkylation sites (N-methyl/N-ethyl adjacent to an activating group) is 1. The van der Waals surface area contributed by atoms with Gasteiger partial charge in [-0.3, -0.25) is 0 Å². The molecule has 6 nitrogen and oxygen atoms in total. The molecule has 2 aromatic heterocycles. The van der Waals surface area contributed by atoms with Crippen LogP contribution in [0.4, 0.5) is 24.7 Å². The zero-order chi connectivity index (χ0) is 22.7. The lowest BCUT2D eigenvalue weighted by molar-refractivity contribution is -0.137. The van der Waals surface area contributed by atoms with E-state index in [0.29, 0.717) is 11.5 Å². The molecule has 4 rings (SSSR count). The molecule has 2 N–H and O–H groups in total. The van der Waals surface area contributed by atoms with Gasteiger partial charge in [0.25, 0.3) is 0 Å². The van der Waals surface area contributed by atoms with Crippen LogP contribution in [0.2, 0.25) is 5.02 Å². The van der Waals surface area contributed by atoms with Crippen molar-refractivity contribution in [3.05, 3.63) is 71.6 Å². The second-order valence-corrected chi connectivity index (χ2v) is 7.37. The molecule has 0 bridgehead atoms. The van der Waals surface area contributed by atoms with E-state index in [-0.39, 0.29) is 41.3 Å². The van der Waals surface area contributed by atoms with Crippen molar-refractivity contribution in [3.8, 4) is 11.5 Å². The van der Waals surface area contributed by atoms with Crippen molar-refractivity contribution >= 4 is 59.0 Å². The fraction of sp³-hybridized carbons (Fsp3) is 0.182. The van der Waals surface area contributed by atoms with Crippen LogP contribution in [0.25, 0.3) is 11.0 Å². The van der Waals surface area contributed by atoms with Crippen molar-refractivity contribution in [1.29, 1.82) is 0 Å². The normalized spacial score (nSPS) is 11.0. The van der Waals surface area contributed by atoms with Crippen molar-refractivity contribution in [1.82, 2.24) is 19.9 Å². The highest BCUT2D eigenvalue weighted by molar-refractivity contribution is 6.32. The van der Waals surface area contributed by atoms with Gasteiger partial charge in [-0.15, -0.1) is 24.8 Å². The smallest absolute Gasteiger partial charge is 0.416 e. The van der Waals surface area contributed by atoms with Gasteiger partial charge in [0.05, 0.1) is 16.1 Å². The summed E-state index contributed by atoms with van der Waals surface area (Å²) in [6, 6.07) is 11.5. The first-order valence-corrected chi connectivity index (χ1v) is 10.1. The molecule has 0 aliphatic carbocycles. The van der Waals surface area contributed by atoms with Crippen molar-refractivity contribution in [2.75, 3.05) is 18.9 Å². The molecule has 0 saturated heterocycles. The van der Waals surface area contributed by atoms with Crippen LogP contribution in [0.5, 0.6) is 11.5 Å². The van der Waals surface area contributed by atoms with Crippen LogP contribution in [0, 0.1) is 0 Å². The summed E-state index contributed by atoms with van der Waals surface area (Å²) in [4.78, 5) is 8.65. The minimum atomic E-state index is -4.45. The van der Waals surface area contributed by atoms with E-state index in [1.165, 1.54) is 18.5 Å². The van der Waals surface area contributed by atoms with Gasteiger partial charge in [-0.2, -0.15) is 13.2 Å². The topological polar surface area (TPSA) is 64.0 Å². The van der Waals surface area contributed by atoms with Gasteiger partial charge in [0.1, 0.15) is 23.3 Å². The molecular formula is C22H21Cl3F3N5O. The molecule has 182 valence electrons. The minimum absolute atomic E-state index is 0. The number of rotatable bonds is 7. The lowest BCUT2D eigenvalue weighted by Crippen LogP contribution is -2.14. The van der Waals surface area contributed by atoms with Crippen LogP contribution >= 0.6 is 36.4 Å². The van der Waals surface area contributed by atoms with E-state index in [1.807, 2.05) is 23.9 Å². The quantitative estimate of drug-likeness (QED) is 0.276. The van der Waals surface area contributed by atoms with Crippen LogP contribution in [0.15, 0.2) is 61.1 Å². The summed E-state index contributed by atoms with van der Waals surface area (Å²) in [6.45, 7) is 1.53. The molecule has 0 radical (unpaired) electrons. The van der Waals surface area contributed by atoms with Gasteiger partial charge in [-0.25, -0.2) is 9.97 Å². The molecule has 2 aromatic carbocycles. The van der Waals surface area contributed by atoms with Gasteiger partial charge in [0.2, 0.25) is 0 Å². The van der Waals surface area contributed by atoms with Crippen molar-refractivity contribution < 1.29 is 17.9 Å². The predicted octanol–water partition coefficient (Wildman–Crippen LogP) is 6.70. The summed E-state index contributed by atoms with van der Waals surface area (Å²) in [5.74, 6) is 0.891. The number of halogens is 6. The lowest BCUT2D eigenvalue weighted by atomic mass is 10.2. The molecule has 0 fully saturated rings. The molecule has 4 aromatic rings. The van der Waals surface area contributed by atoms with E-state index >= 15 is 0 Å². The van der Waals surface area contributed by atoms with Crippen LogP contribution in [-0.2, 0) is 12.7 Å². The Morgan fingerprint density at radius 1 is 1.06 bits per heavy atom. The van der Waals surface area contributed by atoms with E-state index in [4.69, 9.17) is 16.3 Å². The summed E-state index contributed by atoms with van der Waals surface area (Å²) >= 11 is 6.34. The molecule has 0 spiro atoms. The molecule has 0 amide bonds. The summed E-state index contributed by atoms with van der Waals surface area (Å²) in [6.07, 6.45) is -1.04. The highest BCUT2D eigenvalue weighted by Gasteiger charge is 2.30. The molecule has 34 heavy (non-hydrogen) atoms. The number of anilines is 2. The summed E-state index contributed by atoms with van der Waals surface area (Å²) in [5.41, 5.74) is 1.50. The molecule has 0 aliphatic heterocycles. The number of fused-ring (bicyclic) bond motifs is 1. The fourth-order valence-corrected chi connectivity index (χ4v) is 3.42. The third-order valence-electron chi connectivity index (χ3n) is 4.74. The summed E-state index contributed by atoms with van der Waals surface area (Å²) < 4.78 is 46.4. The Bertz CT molecular complexity index is 1250. The number of hydrogen-bond donors (Lipinski definition) is 2. The Labute approximate surface area is 211 Å². The van der Waals surface area contributed by atoms with Crippen LogP contribution in [0.3, 0.4) is 0 Å². The number of ether oxygens (including phenoxy) is 1. The first kappa shape index (κ1) is 27.5. The fourth-order valence-electron chi connectivity index (χ4n) is 3.20. The largest absolute Gasteiger partial charge is 0.456 e. The maximum absolute atomic E-state index is 12.9. The third-order valence-corrected chi connectivity index (χ3v) is 5.03. The Morgan fingerprint density at radius 3 is 2.56 bits per heavy atom. The molecule has 2 heterocycles. The molecule has 0 unspecified atom stereocenters. The van der Waals surface area contributed by atoms with E-state index in [2.05, 4.69) is 20.6 Å². The molecule has 12 heteroatoms. The molecule has 0 aliphatic rings. The van der Waals surface area contributed by atoms with Crippen LogP contribution in [0.1, 0.15) is 5.56 Å². The Hall–Kier alpha value is -2.72. The Kier molecular flexibility index (Phi) is 9.40. The molecular weight excluding hydrogens is 514 g/mol. The average Bonchev–Trinajstić information content (AvgIpc) is 3.18. The third kappa shape index (κ3) is 6.24. The van der Waals surface area contributed by atoms with Crippen LogP contribution < -0.4 is 15.4 Å². The van der Waals surface area contributed by atoms with Gasteiger partial charge in [0, 0.05) is 25.0 Å². The number of hydrogen-bond acceptors (Lipinski definition) is 5. The first-order valence-electron chi connectivity index (χ1n) is 9.71. The van der Waals surface area contributed by atoms with E-state index in [0.717, 1.165) is 36.3 Å². The Morgan fingerprint density at radius 2 is 1.85 bits per heavy atom. The molecule has 0 atom stereocenters. The summed E-state index contributed by atoms with van der Waals surface area (Å²) in [7, 11) is 1.88. The number of alkyl halides is 3. The monoisotopic (exact) mass is 533 g/mol. The van der Waals surface area contributed by atoms with Crippen molar-refractivity contribution in [2.45, 2.75) is 12.7 Å². The first-order chi connectivity index (χ1) is 15.3. The predicted molar refractivity (Wildman–Crippen MR) is 132 cm³/mol. The highest BCUT2D eigenvalue weighted by Crippen LogP contribution is 2.36.